The number of halogens is 4. The Kier molecular flexibility index (Phi) is 4.60. The van der Waals surface area contributed by atoms with E-state index in [2.05, 4.69) is 19.9 Å². The smallest absolute Gasteiger partial charge is 0.334 e. The minimum absolute atomic E-state index is 0.0358. The van der Waals surface area contributed by atoms with Gasteiger partial charge in [0.25, 0.3) is 0 Å². The highest BCUT2D eigenvalue weighted by atomic mass is 35.5. The Hall–Kier alpha value is -2.88. The normalized spacial score (nSPS) is 17.5. The lowest BCUT2D eigenvalue weighted by atomic mass is 9.88. The summed E-state index contributed by atoms with van der Waals surface area (Å²) >= 11 is 5.84. The summed E-state index contributed by atoms with van der Waals surface area (Å²) in [5.74, 6) is 0.209. The minimum Gasteiger partial charge on any atom is -0.334 e. The number of aryl methyl sites for hydroxylation is 1. The van der Waals surface area contributed by atoms with Crippen LogP contribution in [0.1, 0.15) is 24.9 Å². The largest absolute Gasteiger partial charge is 0.434 e. The van der Waals surface area contributed by atoms with Gasteiger partial charge < -0.3 is 9.55 Å². The maximum Gasteiger partial charge on any atom is 0.434 e. The molecule has 3 aromatic heterocycles. The summed E-state index contributed by atoms with van der Waals surface area (Å²) in [6.07, 6.45) is 2.07. The topological polar surface area (TPSA) is 81.4 Å². The van der Waals surface area contributed by atoms with Crippen LogP contribution in [0.15, 0.2) is 34.9 Å². The molecule has 0 radical (unpaired) electrons. The number of H-pyrrole nitrogens is 1. The van der Waals surface area contributed by atoms with Crippen molar-refractivity contribution in [3.05, 3.63) is 57.4 Å². The van der Waals surface area contributed by atoms with Gasteiger partial charge in [0.15, 0.2) is 11.3 Å². The number of rotatable bonds is 3. The number of fused-ring (bicyclic) bond motifs is 1. The van der Waals surface area contributed by atoms with Crippen molar-refractivity contribution >= 4 is 28.3 Å². The quantitative estimate of drug-likeness (QED) is 0.652. The van der Waals surface area contributed by atoms with E-state index in [0.29, 0.717) is 23.2 Å². The van der Waals surface area contributed by atoms with Crippen molar-refractivity contribution in [3.8, 4) is 0 Å². The number of imidazole rings is 2. The van der Waals surface area contributed by atoms with Gasteiger partial charge in [0.1, 0.15) is 11.3 Å². The van der Waals surface area contributed by atoms with Crippen LogP contribution in [0.5, 0.6) is 0 Å². The fraction of sp³-hybridized carbons (Fsp3) is 0.333. The van der Waals surface area contributed by atoms with Gasteiger partial charge in [-0.05, 0) is 35.1 Å². The Morgan fingerprint density at radius 1 is 1.31 bits per heavy atom. The molecule has 3 aromatic rings. The van der Waals surface area contributed by atoms with E-state index in [-0.39, 0.29) is 29.3 Å². The molecule has 1 aliphatic rings. The van der Waals surface area contributed by atoms with E-state index < -0.39 is 11.9 Å². The molecule has 29 heavy (non-hydrogen) atoms. The first-order chi connectivity index (χ1) is 13.6. The molecule has 0 aliphatic heterocycles. The molecule has 0 aromatic carbocycles. The molecule has 0 saturated carbocycles. The van der Waals surface area contributed by atoms with E-state index in [4.69, 9.17) is 11.6 Å². The summed E-state index contributed by atoms with van der Waals surface area (Å²) in [6, 6.07) is 0. The van der Waals surface area contributed by atoms with Gasteiger partial charge in [0.2, 0.25) is 5.28 Å². The van der Waals surface area contributed by atoms with Crippen LogP contribution in [0.25, 0.3) is 16.7 Å². The molecule has 3 heterocycles. The van der Waals surface area contributed by atoms with E-state index in [1.54, 1.807) is 13.1 Å². The zero-order valence-electron chi connectivity index (χ0n) is 15.5. The van der Waals surface area contributed by atoms with Gasteiger partial charge in [0, 0.05) is 13.2 Å². The van der Waals surface area contributed by atoms with Gasteiger partial charge in [-0.2, -0.15) is 18.2 Å². The summed E-state index contributed by atoms with van der Waals surface area (Å²) in [5, 5.41) is 0.0358. The van der Waals surface area contributed by atoms with Crippen LogP contribution in [0.4, 0.5) is 13.2 Å². The van der Waals surface area contributed by atoms with Crippen LogP contribution in [0, 0.1) is 5.92 Å². The van der Waals surface area contributed by atoms with Gasteiger partial charge in [-0.3, -0.25) is 4.57 Å². The lowest BCUT2D eigenvalue weighted by molar-refractivity contribution is -0.141. The van der Waals surface area contributed by atoms with Gasteiger partial charge in [-0.15, -0.1) is 0 Å². The van der Waals surface area contributed by atoms with Gasteiger partial charge in [0.05, 0.1) is 12.7 Å². The predicted octanol–water partition coefficient (Wildman–Crippen LogP) is 3.58. The lowest BCUT2D eigenvalue weighted by Crippen LogP contribution is -2.20. The Bertz CT molecular complexity index is 1220. The minimum atomic E-state index is -4.49. The average Bonchev–Trinajstić information content (AvgIpc) is 3.16. The molecular weight excluding hydrogens is 409 g/mol. The average molecular weight is 425 g/mol. The summed E-state index contributed by atoms with van der Waals surface area (Å²) in [6.45, 7) is 2.20. The summed E-state index contributed by atoms with van der Waals surface area (Å²) < 4.78 is 41.7. The van der Waals surface area contributed by atoms with E-state index in [1.807, 2.05) is 13.0 Å². The zero-order chi connectivity index (χ0) is 20.9. The third-order valence-corrected chi connectivity index (χ3v) is 5.05. The number of aromatic amines is 1. The summed E-state index contributed by atoms with van der Waals surface area (Å²) in [5.41, 5.74) is 1.27. The van der Waals surface area contributed by atoms with E-state index in [9.17, 15) is 18.0 Å². The maximum absolute atomic E-state index is 13.0. The summed E-state index contributed by atoms with van der Waals surface area (Å²) in [4.78, 5) is 26.7. The maximum atomic E-state index is 13.0. The van der Waals surface area contributed by atoms with Crippen LogP contribution in [-0.4, -0.2) is 29.1 Å². The first-order valence-electron chi connectivity index (χ1n) is 8.75. The van der Waals surface area contributed by atoms with E-state index >= 15 is 0 Å². The lowest BCUT2D eigenvalue weighted by Gasteiger charge is -2.21. The number of nitrogens with zero attached hydrogens (tertiary/aromatic N) is 5. The SMILES string of the molecule is CC1CC(Cn2c(=O)[nH]c3cnc(Cl)nc32)=CC=C1c1nc(C(F)(F)F)cn1C. The van der Waals surface area contributed by atoms with Gasteiger partial charge >= 0.3 is 11.9 Å². The first kappa shape index (κ1) is 19.4. The molecule has 0 saturated heterocycles. The fourth-order valence-electron chi connectivity index (χ4n) is 3.50. The first-order valence-corrected chi connectivity index (χ1v) is 9.13. The van der Waals surface area contributed by atoms with Crippen LogP contribution < -0.4 is 5.69 Å². The third kappa shape index (κ3) is 3.59. The second-order valence-corrected chi connectivity index (χ2v) is 7.34. The highest BCUT2D eigenvalue weighted by Crippen LogP contribution is 2.35. The van der Waals surface area contributed by atoms with Gasteiger partial charge in [-0.25, -0.2) is 14.8 Å². The Balaban J connectivity index is 1.67. The monoisotopic (exact) mass is 424 g/mol. The standard InChI is InChI=1S/C18H16ClF3N6O/c1-9-5-10(7-28-15-12(24-17(28)29)6-23-16(19)26-15)3-4-11(9)14-25-13(8-27(14)2)18(20,21)22/h3-4,6,8-9H,5,7H2,1-2H3,(H,24,29). The number of allylic oxidation sites excluding steroid dienone is 4. The molecule has 1 unspecified atom stereocenters. The highest BCUT2D eigenvalue weighted by Gasteiger charge is 2.35. The van der Waals surface area contributed by atoms with Crippen LogP contribution in [0.2, 0.25) is 5.28 Å². The molecule has 1 atom stereocenters. The Labute approximate surface area is 167 Å². The van der Waals surface area contributed by atoms with Crippen molar-refractivity contribution in [2.45, 2.75) is 26.1 Å². The van der Waals surface area contributed by atoms with Crippen molar-refractivity contribution in [2.75, 3.05) is 0 Å². The van der Waals surface area contributed by atoms with Gasteiger partial charge in [-0.1, -0.05) is 19.1 Å². The molecule has 152 valence electrons. The second kappa shape index (κ2) is 6.87. The Morgan fingerprint density at radius 2 is 2.07 bits per heavy atom. The molecule has 0 bridgehead atoms. The molecule has 0 spiro atoms. The predicted molar refractivity (Wildman–Crippen MR) is 101 cm³/mol. The van der Waals surface area contributed by atoms with Crippen molar-refractivity contribution in [1.82, 2.24) is 29.1 Å². The highest BCUT2D eigenvalue weighted by molar-refractivity contribution is 6.28. The number of aromatic nitrogens is 6. The molecule has 7 nitrogen and oxygen atoms in total. The molecule has 11 heteroatoms. The van der Waals surface area contributed by atoms with Crippen LogP contribution in [-0.2, 0) is 19.8 Å². The molecule has 0 fully saturated rings. The molecular formula is C18H16ClF3N6O. The van der Waals surface area contributed by atoms with Crippen molar-refractivity contribution < 1.29 is 13.2 Å². The van der Waals surface area contributed by atoms with E-state index in [0.717, 1.165) is 11.8 Å². The Morgan fingerprint density at radius 3 is 2.72 bits per heavy atom. The summed E-state index contributed by atoms with van der Waals surface area (Å²) in [7, 11) is 1.54. The number of hydrogen-bond donors (Lipinski definition) is 1. The zero-order valence-corrected chi connectivity index (χ0v) is 16.2. The number of alkyl halides is 3. The number of hydrogen-bond acceptors (Lipinski definition) is 4. The molecule has 4 rings (SSSR count). The molecule has 0 amide bonds. The number of nitrogens with one attached hydrogen (secondary N) is 1. The molecule has 1 N–H and O–H groups in total. The fourth-order valence-corrected chi connectivity index (χ4v) is 3.63. The van der Waals surface area contributed by atoms with E-state index in [1.165, 1.54) is 15.3 Å². The van der Waals surface area contributed by atoms with Crippen LogP contribution in [0.3, 0.4) is 0 Å². The van der Waals surface area contributed by atoms with Crippen molar-refractivity contribution in [3.63, 3.8) is 0 Å². The third-order valence-electron chi connectivity index (χ3n) is 4.87. The molecule has 1 aliphatic carbocycles. The van der Waals surface area contributed by atoms with Crippen molar-refractivity contribution in [1.29, 1.82) is 0 Å². The van der Waals surface area contributed by atoms with Crippen molar-refractivity contribution in [2.24, 2.45) is 13.0 Å². The van der Waals surface area contributed by atoms with Crippen LogP contribution >= 0.6 is 11.6 Å². The second-order valence-electron chi connectivity index (χ2n) is 7.00.